The Kier molecular flexibility index (Phi) is 31.9. The Balaban J connectivity index is 0.000000151. The average Bonchev–Trinajstić information content (AvgIpc) is 1.46. The SMILES string of the molecule is COC(=O)C1=C(CN2CCN3C(=O)N(c4ccc(CCC(=O)O)cc4)C[C@@H]3[C@H]2CO)NC(c2nccs2)=N[C@H]1c1ccc(Cl)cc1Cl.COC(=O)C1=C(CN2CCN3C(=O)N(c4ccc(CCC(=O)O)cc4)C[C@@H]3[C@H]2CO)NC(c2nccs2)=N[C@H]1c1ccc(F)c(F)c1.COC(=O)C1=C(CN2CCN3C(=O)N(c4ccc(CCC(=O)O)cc4)C[C@@H]3[C@H]2CO)NC(c2nccs2)=N[C@H]1c1ccccc1Cl. The number of nitrogens with zero attached hydrogens (tertiary/aromatic N) is 15. The number of rotatable bonds is 30. The summed E-state index contributed by atoms with van der Waals surface area (Å²) in [5, 5.41) is 77.4. The second-order valence-corrected chi connectivity index (χ2v) is 37.8. The number of anilines is 3. The Morgan fingerprint density at radius 2 is 0.764 bits per heavy atom. The van der Waals surface area contributed by atoms with E-state index in [1.54, 1.807) is 102 Å². The fourth-order valence-corrected chi connectivity index (χ4v) is 21.4. The van der Waals surface area contributed by atoms with Gasteiger partial charge in [-0.2, -0.15) is 0 Å². The van der Waals surface area contributed by atoms with Gasteiger partial charge in [-0.25, -0.2) is 52.5 Å². The number of aliphatic imine (C=N–C) groups is 3. The third-order valence-electron chi connectivity index (χ3n) is 25.9. The lowest BCUT2D eigenvalue weighted by Gasteiger charge is -2.43. The van der Waals surface area contributed by atoms with Crippen molar-refractivity contribution in [3.05, 3.63) is 277 Å². The summed E-state index contributed by atoms with van der Waals surface area (Å²) in [6.45, 7) is 3.33. The number of aromatic nitrogens is 3. The van der Waals surface area contributed by atoms with Crippen molar-refractivity contribution in [2.24, 2.45) is 15.0 Å². The van der Waals surface area contributed by atoms with Crippen LogP contribution in [0.15, 0.2) is 217 Å². The van der Waals surface area contributed by atoms with E-state index in [4.69, 9.17) is 74.3 Å². The number of esters is 3. The first-order valence-corrected chi connectivity index (χ1v) is 48.5. The minimum absolute atomic E-state index is 0.00750. The standard InChI is InChI=1S/C32H32Cl2N6O6S.C32H33ClN6O6S.C32H32F2N6O6S/c1-46-31(44)27-23(36-29(30-35-10-13-47-30)37-28(27)21-8-5-19(33)14-22(21)34)15-38-11-12-39-24(25(38)17-41)16-40(32(39)45)20-6-2-18(3-7-20)4-9-26(42)43;1-45-31(43)27-23(35-29(30-34-12-15-46-30)36-28(27)21-4-2-3-5-22(21)33)16-37-13-14-38-24(25(37)18-40)17-39(32(38)44)20-9-6-19(7-10-20)8-11-26(41)42;1-46-31(44)27-23(36-29(30-35-10-13-47-30)37-28(27)19-5-8-21(33)22(34)14-19)15-38-11-12-39-24(25(38)17-41)16-40(32(39)45)20-6-2-18(3-7-20)4-9-26(42)43/h2-3,5-8,10,13-14,24-25,28,41H,4,9,11-12,15-17H2,1H3,(H,36,37)(H,42,43);2-7,9-10,12,15,24-25,28,40H,8,11,13-14,16-18H2,1H3,(H,35,36)(H,41,42);2-3,5-8,10,13-14,24-25,28,41H,4,9,11-12,15-17H2,1H3,(H,36,37)(H,42,43)/t3*24-,25-,28+/m111/s1. The molecule has 0 spiro atoms. The van der Waals surface area contributed by atoms with Gasteiger partial charge in [0, 0.05) is 193 Å². The van der Waals surface area contributed by atoms with E-state index in [1.807, 2.05) is 82.4 Å². The minimum Gasteiger partial charge on any atom is -0.481 e. The number of urea groups is 3. The normalized spacial score (nSPS) is 21.5. The van der Waals surface area contributed by atoms with Crippen LogP contribution in [0.5, 0.6) is 0 Å². The molecule has 9 atom stereocenters. The Labute approximate surface area is 828 Å². The number of benzene rings is 6. The number of nitrogens with one attached hydrogen (secondary N) is 3. The summed E-state index contributed by atoms with van der Waals surface area (Å²) in [6.07, 6.45) is 6.20. The van der Waals surface area contributed by atoms with E-state index in [0.717, 1.165) is 28.8 Å². The highest BCUT2D eigenvalue weighted by molar-refractivity contribution is 7.12. The molecule has 0 radical (unpaired) electrons. The minimum atomic E-state index is -1.08. The highest BCUT2D eigenvalue weighted by Crippen LogP contribution is 2.43. The molecule has 18 rings (SSSR count). The number of methoxy groups -OCH3 is 3. The number of aryl methyl sites for hydroxylation is 3. The van der Waals surface area contributed by atoms with Crippen LogP contribution in [0.3, 0.4) is 0 Å². The summed E-state index contributed by atoms with van der Waals surface area (Å²) in [4.78, 5) is 158. The third kappa shape index (κ3) is 21.8. The highest BCUT2D eigenvalue weighted by Gasteiger charge is 2.52. The van der Waals surface area contributed by atoms with E-state index < -0.39 is 83.7 Å². The second kappa shape index (κ2) is 44.6. The molecule has 12 heterocycles. The van der Waals surface area contributed by atoms with Crippen molar-refractivity contribution in [1.82, 2.24) is 60.3 Å². The van der Waals surface area contributed by atoms with Crippen molar-refractivity contribution in [3.8, 4) is 0 Å². The fourth-order valence-electron chi connectivity index (χ4n) is 18.9. The molecular formula is C96H97Cl3F2N18O18S3. The van der Waals surface area contributed by atoms with Crippen LogP contribution in [0, 0.1) is 11.6 Å². The number of carboxylic acids is 3. The molecule has 0 aliphatic carbocycles. The van der Waals surface area contributed by atoms with Crippen LogP contribution in [0.1, 0.15) is 85.8 Å². The molecule has 6 saturated heterocycles. The zero-order valence-electron chi connectivity index (χ0n) is 75.6. The van der Waals surface area contributed by atoms with E-state index in [2.05, 4.69) is 45.7 Å². The summed E-state index contributed by atoms with van der Waals surface area (Å²) in [6, 6.07) is 31.9. The van der Waals surface area contributed by atoms with Gasteiger partial charge in [-0.3, -0.25) is 58.8 Å². The van der Waals surface area contributed by atoms with E-state index in [0.29, 0.717) is 177 Å². The number of aliphatic hydroxyl groups excluding tert-OH is 3. The molecule has 44 heteroatoms. The van der Waals surface area contributed by atoms with Crippen molar-refractivity contribution in [3.63, 3.8) is 0 Å². The van der Waals surface area contributed by atoms with Crippen molar-refractivity contribution >= 4 is 157 Å². The third-order valence-corrected chi connectivity index (χ3v) is 29.1. The molecule has 36 nitrogen and oxygen atoms in total. The van der Waals surface area contributed by atoms with Crippen LogP contribution in [-0.4, -0.2) is 302 Å². The van der Waals surface area contributed by atoms with Gasteiger partial charge in [-0.1, -0.05) is 102 Å². The lowest BCUT2D eigenvalue weighted by Crippen LogP contribution is -2.61. The van der Waals surface area contributed by atoms with Crippen LogP contribution in [-0.2, 0) is 62.2 Å². The number of piperazine rings is 3. The molecule has 9 aromatic rings. The maximum Gasteiger partial charge on any atom is 0.338 e. The van der Waals surface area contributed by atoms with Gasteiger partial charge in [0.2, 0.25) is 0 Å². The molecule has 0 bridgehead atoms. The van der Waals surface area contributed by atoms with Gasteiger partial charge < -0.3 is 75.5 Å². The molecule has 9 N–H and O–H groups in total. The van der Waals surface area contributed by atoms with E-state index in [-0.39, 0.29) is 112 Å². The molecular weight excluding hydrogens is 1930 g/mol. The van der Waals surface area contributed by atoms with Crippen molar-refractivity contribution in [2.45, 2.75) is 92.9 Å². The number of hydrogen-bond acceptors (Lipinski definition) is 30. The first-order chi connectivity index (χ1) is 67.6. The number of amides is 6. The summed E-state index contributed by atoms with van der Waals surface area (Å²) in [5.41, 5.74) is 8.27. The van der Waals surface area contributed by atoms with Gasteiger partial charge in [0.05, 0.1) is 94.1 Å². The Hall–Kier alpha value is -13.0. The molecule has 9 aliphatic rings. The number of hydrogen-bond donors (Lipinski definition) is 9. The quantitative estimate of drug-likeness (QED) is 0.0149. The molecule has 732 valence electrons. The highest BCUT2D eigenvalue weighted by atomic mass is 35.5. The summed E-state index contributed by atoms with van der Waals surface area (Å²) in [7, 11) is 3.85. The molecule has 6 amide bonds. The number of carboxylic acid groups (broad SMARTS) is 3. The van der Waals surface area contributed by atoms with E-state index in [9.17, 15) is 67.3 Å². The molecule has 140 heavy (non-hydrogen) atoms. The lowest BCUT2D eigenvalue weighted by molar-refractivity contribution is -0.138. The number of amidine groups is 3. The Bertz CT molecular complexity index is 6350. The van der Waals surface area contributed by atoms with Gasteiger partial charge in [-0.05, 0) is 108 Å². The van der Waals surface area contributed by atoms with Gasteiger partial charge >= 0.3 is 53.9 Å². The zero-order chi connectivity index (χ0) is 98.9. The van der Waals surface area contributed by atoms with Crippen LogP contribution in [0.2, 0.25) is 15.1 Å². The van der Waals surface area contributed by atoms with Crippen molar-refractivity contribution in [1.29, 1.82) is 0 Å². The molecule has 6 fully saturated rings. The van der Waals surface area contributed by atoms with Crippen LogP contribution in [0.4, 0.5) is 40.2 Å². The van der Waals surface area contributed by atoms with E-state index >= 15 is 0 Å². The number of aliphatic carboxylic acids is 3. The number of halogens is 5. The maximum absolute atomic E-state index is 14.4. The van der Waals surface area contributed by atoms with Crippen LogP contribution in [0.25, 0.3) is 0 Å². The van der Waals surface area contributed by atoms with Gasteiger partial charge in [0.15, 0.2) is 44.2 Å². The first kappa shape index (κ1) is 100.0. The predicted octanol–water partition coefficient (Wildman–Crippen LogP) is 10.2. The number of thiazole rings is 3. The fraction of sp³-hybridized carbons (Fsp3) is 0.344. The van der Waals surface area contributed by atoms with Crippen molar-refractivity contribution < 1.29 is 96.8 Å². The summed E-state index contributed by atoms with van der Waals surface area (Å²) >= 11 is 23.6. The van der Waals surface area contributed by atoms with Gasteiger partial charge in [-0.15, -0.1) is 34.0 Å². The predicted molar refractivity (Wildman–Crippen MR) is 519 cm³/mol. The topological polar surface area (TPSA) is 444 Å². The molecule has 0 saturated carbocycles. The van der Waals surface area contributed by atoms with Crippen molar-refractivity contribution in [2.75, 3.05) is 134 Å². The zero-order valence-corrected chi connectivity index (χ0v) is 80.3. The summed E-state index contributed by atoms with van der Waals surface area (Å²) in [5.74, 6) is -5.28. The number of fused-ring (bicyclic) bond motifs is 3. The monoisotopic (exact) mass is 2030 g/mol. The van der Waals surface area contributed by atoms with Crippen LogP contribution < -0.4 is 30.7 Å². The Morgan fingerprint density at radius 3 is 1.08 bits per heavy atom. The van der Waals surface area contributed by atoms with Crippen LogP contribution >= 0.6 is 68.8 Å². The molecule has 9 aliphatic heterocycles. The Morgan fingerprint density at radius 1 is 0.421 bits per heavy atom. The second-order valence-electron chi connectivity index (χ2n) is 33.8. The van der Waals surface area contributed by atoms with Gasteiger partial charge in [0.1, 0.15) is 18.1 Å². The van der Waals surface area contributed by atoms with E-state index in [1.165, 1.54) is 61.4 Å². The maximum atomic E-state index is 14.4. The average molecular weight is 2030 g/mol. The first-order valence-electron chi connectivity index (χ1n) is 44.7. The number of carbonyl (C=O) groups is 9. The number of aliphatic hydroxyl groups is 3. The largest absolute Gasteiger partial charge is 0.481 e. The molecule has 0 unspecified atom stereocenters. The van der Waals surface area contributed by atoms with Gasteiger partial charge in [0.25, 0.3) is 0 Å². The molecule has 6 aromatic carbocycles. The number of ether oxygens (including phenoxy) is 3. The summed E-state index contributed by atoms with van der Waals surface area (Å²) < 4.78 is 43.9. The lowest BCUT2D eigenvalue weighted by atomic mass is 9.94. The number of carbonyl (C=O) groups excluding carboxylic acids is 6. The molecule has 3 aromatic heterocycles. The smallest absolute Gasteiger partial charge is 0.338 e.